The van der Waals surface area contributed by atoms with Crippen molar-refractivity contribution >= 4 is 35.2 Å². The molecule has 3 rings (SSSR count). The second-order valence-electron chi connectivity index (χ2n) is 7.16. The zero-order valence-electron chi connectivity index (χ0n) is 19.1. The summed E-state index contributed by atoms with van der Waals surface area (Å²) >= 11 is 6.15. The van der Waals surface area contributed by atoms with E-state index in [2.05, 4.69) is 5.32 Å². The molecule has 34 heavy (non-hydrogen) atoms. The topological polar surface area (TPSA) is 101 Å². The Hall–Kier alpha value is -3.98. The fourth-order valence-corrected chi connectivity index (χ4v) is 3.57. The average Bonchev–Trinajstić information content (AvgIpc) is 3.04. The Bertz CT molecular complexity index is 1290. The number of amides is 1. The van der Waals surface area contributed by atoms with Crippen molar-refractivity contribution in [1.82, 2.24) is 9.36 Å². The van der Waals surface area contributed by atoms with E-state index in [4.69, 9.17) is 25.8 Å². The van der Waals surface area contributed by atoms with Crippen LogP contribution in [0.5, 0.6) is 11.5 Å². The Morgan fingerprint density at radius 2 is 1.82 bits per heavy atom. The molecule has 9 nitrogen and oxygen atoms in total. The summed E-state index contributed by atoms with van der Waals surface area (Å²) in [4.78, 5) is 37.2. The number of benzene rings is 2. The molecule has 0 bridgehead atoms. The lowest BCUT2D eigenvalue weighted by atomic mass is 10.2. The third-order valence-corrected chi connectivity index (χ3v) is 5.31. The molecule has 0 aliphatic rings. The van der Waals surface area contributed by atoms with Gasteiger partial charge in [0, 0.05) is 13.1 Å². The minimum Gasteiger partial charge on any atom is -0.493 e. The van der Waals surface area contributed by atoms with Crippen LogP contribution in [0.3, 0.4) is 0 Å². The van der Waals surface area contributed by atoms with E-state index in [1.807, 2.05) is 18.2 Å². The van der Waals surface area contributed by atoms with Gasteiger partial charge in [0.1, 0.15) is 5.69 Å². The molecule has 1 N–H and O–H groups in total. The Morgan fingerprint density at radius 3 is 2.47 bits per heavy atom. The highest BCUT2D eigenvalue weighted by Gasteiger charge is 2.18. The number of anilines is 1. The fraction of sp³-hybridized carbons (Fsp3) is 0.208. The molecule has 0 fully saturated rings. The van der Waals surface area contributed by atoms with Gasteiger partial charge in [-0.15, -0.1) is 0 Å². The zero-order chi connectivity index (χ0) is 24.8. The summed E-state index contributed by atoms with van der Waals surface area (Å²) in [6.45, 7) is 1.15. The summed E-state index contributed by atoms with van der Waals surface area (Å²) in [5.74, 6) is -0.598. The van der Waals surface area contributed by atoms with E-state index < -0.39 is 24.0 Å². The summed E-state index contributed by atoms with van der Waals surface area (Å²) in [6, 6.07) is 12.3. The second kappa shape index (κ2) is 10.8. The van der Waals surface area contributed by atoms with Gasteiger partial charge in [-0.05, 0) is 42.8 Å². The molecule has 0 radical (unpaired) electrons. The molecule has 10 heteroatoms. The number of ether oxygens (including phenoxy) is 3. The van der Waals surface area contributed by atoms with Crippen molar-refractivity contribution in [3.8, 4) is 17.2 Å². The van der Waals surface area contributed by atoms with Crippen LogP contribution in [0.2, 0.25) is 5.02 Å². The first-order valence-corrected chi connectivity index (χ1v) is 10.5. The second-order valence-corrected chi connectivity index (χ2v) is 7.57. The molecule has 1 amide bonds. The predicted molar refractivity (Wildman–Crippen MR) is 129 cm³/mol. The Morgan fingerprint density at radius 1 is 1.12 bits per heavy atom. The number of rotatable bonds is 8. The van der Waals surface area contributed by atoms with E-state index in [1.54, 1.807) is 42.9 Å². The van der Waals surface area contributed by atoms with Gasteiger partial charge in [-0.25, -0.2) is 9.48 Å². The summed E-state index contributed by atoms with van der Waals surface area (Å²) in [7, 11) is 4.65. The van der Waals surface area contributed by atoms with E-state index >= 15 is 0 Å². The van der Waals surface area contributed by atoms with Crippen molar-refractivity contribution in [2.75, 3.05) is 26.1 Å². The summed E-state index contributed by atoms with van der Waals surface area (Å²) in [5, 5.41) is 2.85. The molecule has 0 saturated carbocycles. The first kappa shape index (κ1) is 24.7. The zero-order valence-corrected chi connectivity index (χ0v) is 19.9. The van der Waals surface area contributed by atoms with Crippen molar-refractivity contribution in [3.05, 3.63) is 75.2 Å². The number of nitrogens with one attached hydrogen (secondary N) is 1. The van der Waals surface area contributed by atoms with Gasteiger partial charge in [0.05, 0.1) is 30.6 Å². The van der Waals surface area contributed by atoms with Crippen molar-refractivity contribution < 1.29 is 23.8 Å². The van der Waals surface area contributed by atoms with E-state index in [-0.39, 0.29) is 5.69 Å². The maximum atomic E-state index is 12.8. The Balaban J connectivity index is 1.64. The largest absolute Gasteiger partial charge is 0.493 e. The SMILES string of the molecule is COc1cc(/C=C/C(=O)OCC(=O)Nc2c(C)n(C)n(-c3ccccc3)c2=O)cc(Cl)c1OC. The van der Waals surface area contributed by atoms with E-state index in [1.165, 1.54) is 25.0 Å². The summed E-state index contributed by atoms with van der Waals surface area (Å²) < 4.78 is 18.4. The Kier molecular flexibility index (Phi) is 7.80. The van der Waals surface area contributed by atoms with Crippen molar-refractivity contribution in [2.24, 2.45) is 7.05 Å². The van der Waals surface area contributed by atoms with Gasteiger partial charge in [-0.1, -0.05) is 29.8 Å². The van der Waals surface area contributed by atoms with Gasteiger partial charge >= 0.3 is 5.97 Å². The fourth-order valence-electron chi connectivity index (χ4n) is 3.27. The number of carbonyl (C=O) groups is 2. The molecule has 0 aliphatic carbocycles. The molecule has 1 aromatic heterocycles. The quantitative estimate of drug-likeness (QED) is 0.388. The van der Waals surface area contributed by atoms with E-state index in [9.17, 15) is 14.4 Å². The van der Waals surface area contributed by atoms with Gasteiger partial charge in [0.25, 0.3) is 11.5 Å². The maximum absolute atomic E-state index is 12.8. The van der Waals surface area contributed by atoms with Gasteiger partial charge in [0.2, 0.25) is 0 Å². The highest BCUT2D eigenvalue weighted by molar-refractivity contribution is 6.32. The number of aromatic nitrogens is 2. The van der Waals surface area contributed by atoms with Crippen LogP contribution in [0.1, 0.15) is 11.3 Å². The smallest absolute Gasteiger partial charge is 0.331 e. The molecule has 178 valence electrons. The normalized spacial score (nSPS) is 10.9. The monoisotopic (exact) mass is 485 g/mol. The van der Waals surface area contributed by atoms with Gasteiger partial charge in [-0.2, -0.15) is 0 Å². The van der Waals surface area contributed by atoms with E-state index in [0.29, 0.717) is 33.5 Å². The van der Waals surface area contributed by atoms with Crippen LogP contribution in [0.25, 0.3) is 11.8 Å². The average molecular weight is 486 g/mol. The number of carbonyl (C=O) groups excluding carboxylic acids is 2. The van der Waals surface area contributed by atoms with Crippen LogP contribution >= 0.6 is 11.6 Å². The van der Waals surface area contributed by atoms with Crippen LogP contribution in [-0.2, 0) is 21.4 Å². The van der Waals surface area contributed by atoms with Crippen LogP contribution < -0.4 is 20.3 Å². The van der Waals surface area contributed by atoms with Crippen LogP contribution in [-0.4, -0.2) is 42.1 Å². The number of halogens is 1. The predicted octanol–water partition coefficient (Wildman–Crippen LogP) is 3.35. The molecule has 0 saturated heterocycles. The number of para-hydroxylation sites is 1. The van der Waals surface area contributed by atoms with Crippen molar-refractivity contribution in [2.45, 2.75) is 6.92 Å². The third-order valence-electron chi connectivity index (χ3n) is 5.03. The number of hydrogen-bond donors (Lipinski definition) is 1. The van der Waals surface area contributed by atoms with Gasteiger partial charge in [-0.3, -0.25) is 14.3 Å². The molecule has 2 aromatic carbocycles. The van der Waals surface area contributed by atoms with Crippen molar-refractivity contribution in [1.29, 1.82) is 0 Å². The van der Waals surface area contributed by atoms with E-state index in [0.717, 1.165) is 6.08 Å². The lowest BCUT2D eigenvalue weighted by Gasteiger charge is -2.10. The summed E-state index contributed by atoms with van der Waals surface area (Å²) in [5.41, 5.74) is 1.51. The molecule has 0 unspecified atom stereocenters. The standard InChI is InChI=1S/C24H24ClN3O6/c1-15-22(24(31)28(27(15)2)17-8-6-5-7-9-17)26-20(29)14-34-21(30)11-10-16-12-18(25)23(33-4)19(13-16)32-3/h5-13H,14H2,1-4H3,(H,26,29)/b11-10+. The molecule has 1 heterocycles. The van der Waals surface area contributed by atoms with Crippen LogP contribution in [0.15, 0.2) is 53.3 Å². The minimum absolute atomic E-state index is 0.114. The van der Waals surface area contributed by atoms with Crippen LogP contribution in [0, 0.1) is 6.92 Å². The molecular weight excluding hydrogens is 462 g/mol. The summed E-state index contributed by atoms with van der Waals surface area (Å²) in [6.07, 6.45) is 2.62. The molecule has 0 spiro atoms. The lowest BCUT2D eigenvalue weighted by Crippen LogP contribution is -2.25. The lowest BCUT2D eigenvalue weighted by molar-refractivity contribution is -0.142. The molecular formula is C24H24ClN3O6. The Labute approximate surface area is 201 Å². The third kappa shape index (κ3) is 5.32. The molecule has 0 atom stereocenters. The number of esters is 1. The number of hydrogen-bond acceptors (Lipinski definition) is 6. The van der Waals surface area contributed by atoms with Gasteiger partial charge in [0.15, 0.2) is 18.1 Å². The number of methoxy groups -OCH3 is 2. The highest BCUT2D eigenvalue weighted by atomic mass is 35.5. The number of nitrogens with zero attached hydrogens (tertiary/aromatic N) is 2. The minimum atomic E-state index is -0.743. The molecule has 3 aromatic rings. The highest BCUT2D eigenvalue weighted by Crippen LogP contribution is 2.36. The van der Waals surface area contributed by atoms with Gasteiger partial charge < -0.3 is 19.5 Å². The first-order valence-electron chi connectivity index (χ1n) is 10.2. The van der Waals surface area contributed by atoms with Crippen molar-refractivity contribution in [3.63, 3.8) is 0 Å². The molecule has 0 aliphatic heterocycles. The van der Waals surface area contributed by atoms with Crippen LogP contribution in [0.4, 0.5) is 5.69 Å². The maximum Gasteiger partial charge on any atom is 0.331 e. The first-order chi connectivity index (χ1) is 16.3.